The molecule has 0 aromatic heterocycles. The number of ether oxygens (including phenoxy) is 1. The number of rotatable bonds is 10. The summed E-state index contributed by atoms with van der Waals surface area (Å²) in [6, 6.07) is 6.84. The van der Waals surface area contributed by atoms with Crippen LogP contribution >= 0.6 is 0 Å². The van der Waals surface area contributed by atoms with Crippen molar-refractivity contribution in [3.63, 3.8) is 0 Å². The summed E-state index contributed by atoms with van der Waals surface area (Å²) in [7, 11) is 0. The summed E-state index contributed by atoms with van der Waals surface area (Å²) in [5.41, 5.74) is 0. The van der Waals surface area contributed by atoms with Crippen LogP contribution in [0.15, 0.2) is 29.2 Å². The van der Waals surface area contributed by atoms with Crippen LogP contribution in [0.3, 0.4) is 0 Å². The van der Waals surface area contributed by atoms with Gasteiger partial charge in [0.25, 0.3) is 0 Å². The molecule has 0 aliphatic carbocycles. The van der Waals surface area contributed by atoms with Crippen molar-refractivity contribution in [2.24, 2.45) is 0 Å². The summed E-state index contributed by atoms with van der Waals surface area (Å²) in [6.07, 6.45) is 10.4. The van der Waals surface area contributed by atoms with Crippen LogP contribution in [0.1, 0.15) is 58.3 Å². The molecule has 0 amide bonds. The van der Waals surface area contributed by atoms with E-state index in [9.17, 15) is 9.35 Å². The molecule has 3 nitrogen and oxygen atoms in total. The van der Waals surface area contributed by atoms with Gasteiger partial charge in [-0.3, -0.25) is 4.79 Å². The Bertz CT molecular complexity index is 401. The van der Waals surface area contributed by atoms with E-state index < -0.39 is 11.2 Å². The lowest BCUT2D eigenvalue weighted by Crippen LogP contribution is -2.07. The van der Waals surface area contributed by atoms with Gasteiger partial charge in [0.05, 0.1) is 0 Å². The summed E-state index contributed by atoms with van der Waals surface area (Å²) < 4.78 is 16.5. The molecule has 0 spiro atoms. The average Bonchev–Trinajstić information content (AvgIpc) is 2.47. The van der Waals surface area contributed by atoms with E-state index in [0.29, 0.717) is 12.2 Å². The number of unbranched alkanes of at least 4 members (excludes halogenated alkanes) is 6. The van der Waals surface area contributed by atoms with Crippen LogP contribution in [0.5, 0.6) is 5.75 Å². The van der Waals surface area contributed by atoms with E-state index >= 15 is 0 Å². The largest absolute Gasteiger partial charge is 0.612 e. The fourth-order valence-corrected chi connectivity index (χ4v) is 2.63. The average molecular weight is 310 g/mol. The molecule has 0 aliphatic rings. The molecule has 1 aromatic rings. The molecule has 1 aromatic carbocycles. The second-order valence-corrected chi connectivity index (χ2v) is 6.65. The van der Waals surface area contributed by atoms with Gasteiger partial charge in [-0.2, -0.15) is 0 Å². The van der Waals surface area contributed by atoms with Gasteiger partial charge in [0.15, 0.2) is 4.90 Å². The third kappa shape index (κ3) is 8.12. The maximum absolute atomic E-state index is 11.7. The number of benzene rings is 1. The van der Waals surface area contributed by atoms with Gasteiger partial charge in [-0.15, -0.1) is 0 Å². The zero-order valence-electron chi connectivity index (χ0n) is 13.1. The van der Waals surface area contributed by atoms with Gasteiger partial charge in [0.2, 0.25) is 0 Å². The minimum atomic E-state index is -1.00. The van der Waals surface area contributed by atoms with Crippen molar-refractivity contribution in [3.05, 3.63) is 24.3 Å². The molecule has 118 valence electrons. The van der Waals surface area contributed by atoms with Gasteiger partial charge in [0.1, 0.15) is 12.0 Å². The SMILES string of the molecule is CCCCCCCCCC(=O)Oc1ccc([S+](C)[O-])cc1. The maximum atomic E-state index is 11.7. The standard InChI is InChI=1S/C17H26O3S/c1-3-4-5-6-7-8-9-10-17(18)20-15-11-13-16(14-12-15)21(2)19/h11-14H,3-10H2,1-2H3. The lowest BCUT2D eigenvalue weighted by Gasteiger charge is -2.06. The van der Waals surface area contributed by atoms with E-state index in [2.05, 4.69) is 6.92 Å². The molecular formula is C17H26O3S. The van der Waals surface area contributed by atoms with E-state index in [1.807, 2.05) is 0 Å². The lowest BCUT2D eigenvalue weighted by atomic mass is 10.1. The third-order valence-electron chi connectivity index (χ3n) is 3.37. The molecule has 0 aliphatic heterocycles. The van der Waals surface area contributed by atoms with Crippen LogP contribution in [0.4, 0.5) is 0 Å². The zero-order chi connectivity index (χ0) is 15.5. The van der Waals surface area contributed by atoms with Crippen molar-refractivity contribution in [1.29, 1.82) is 0 Å². The van der Waals surface area contributed by atoms with Gasteiger partial charge in [-0.1, -0.05) is 45.4 Å². The van der Waals surface area contributed by atoms with Crippen molar-refractivity contribution < 1.29 is 14.1 Å². The van der Waals surface area contributed by atoms with E-state index in [0.717, 1.165) is 17.7 Å². The maximum Gasteiger partial charge on any atom is 0.311 e. The van der Waals surface area contributed by atoms with Crippen LogP contribution in [0.25, 0.3) is 0 Å². The number of hydrogen-bond donors (Lipinski definition) is 0. The fourth-order valence-electron chi connectivity index (χ4n) is 2.11. The van der Waals surface area contributed by atoms with Gasteiger partial charge < -0.3 is 9.29 Å². The number of carbonyl (C=O) groups excluding carboxylic acids is 1. The highest BCUT2D eigenvalue weighted by atomic mass is 32.2. The van der Waals surface area contributed by atoms with Gasteiger partial charge in [0, 0.05) is 6.42 Å². The molecule has 0 N–H and O–H groups in total. The Labute approximate surface area is 131 Å². The first kappa shape index (κ1) is 18.1. The predicted octanol–water partition coefficient (Wildman–Crippen LogP) is 4.47. The van der Waals surface area contributed by atoms with Crippen molar-refractivity contribution in [1.82, 2.24) is 0 Å². The molecule has 1 rings (SSSR count). The highest BCUT2D eigenvalue weighted by Gasteiger charge is 2.07. The summed E-state index contributed by atoms with van der Waals surface area (Å²) >= 11 is -1.00. The van der Waals surface area contributed by atoms with Gasteiger partial charge in [-0.05, 0) is 41.9 Å². The van der Waals surface area contributed by atoms with E-state index in [1.54, 1.807) is 30.5 Å². The highest BCUT2D eigenvalue weighted by molar-refractivity contribution is 7.90. The third-order valence-corrected chi connectivity index (χ3v) is 4.31. The van der Waals surface area contributed by atoms with Crippen molar-refractivity contribution in [2.75, 3.05) is 6.26 Å². The minimum absolute atomic E-state index is 0.186. The van der Waals surface area contributed by atoms with E-state index in [4.69, 9.17) is 4.74 Å². The first-order valence-electron chi connectivity index (χ1n) is 7.77. The normalized spacial score (nSPS) is 12.1. The summed E-state index contributed by atoms with van der Waals surface area (Å²) in [5.74, 6) is 0.339. The Hall–Kier alpha value is -1.00. The second kappa shape index (κ2) is 10.7. The van der Waals surface area contributed by atoms with Crippen LogP contribution < -0.4 is 4.74 Å². The number of hydrogen-bond acceptors (Lipinski definition) is 3. The van der Waals surface area contributed by atoms with Crippen LogP contribution in [0.2, 0.25) is 0 Å². The highest BCUT2D eigenvalue weighted by Crippen LogP contribution is 2.17. The number of esters is 1. The molecule has 0 saturated heterocycles. The summed E-state index contributed by atoms with van der Waals surface area (Å²) in [4.78, 5) is 12.4. The van der Waals surface area contributed by atoms with Gasteiger partial charge in [-0.25, -0.2) is 0 Å². The van der Waals surface area contributed by atoms with Crippen molar-refractivity contribution >= 4 is 17.1 Å². The Morgan fingerprint density at radius 1 is 1.05 bits per heavy atom. The van der Waals surface area contributed by atoms with Crippen LogP contribution in [0, 0.1) is 0 Å². The molecule has 0 heterocycles. The monoisotopic (exact) mass is 310 g/mol. The molecule has 0 bridgehead atoms. The molecule has 0 saturated carbocycles. The molecule has 1 unspecified atom stereocenters. The molecule has 0 fully saturated rings. The van der Waals surface area contributed by atoms with E-state index in [1.165, 1.54) is 32.1 Å². The quantitative estimate of drug-likeness (QED) is 0.277. The minimum Gasteiger partial charge on any atom is -0.612 e. The van der Waals surface area contributed by atoms with Crippen LogP contribution in [-0.4, -0.2) is 16.8 Å². The Balaban J connectivity index is 2.15. The first-order chi connectivity index (χ1) is 10.1. The predicted molar refractivity (Wildman–Crippen MR) is 87.0 cm³/mol. The smallest absolute Gasteiger partial charge is 0.311 e. The summed E-state index contributed by atoms with van der Waals surface area (Å²) in [6.45, 7) is 2.21. The lowest BCUT2D eigenvalue weighted by molar-refractivity contribution is -0.134. The Morgan fingerprint density at radius 3 is 2.19 bits per heavy atom. The Kier molecular flexibility index (Phi) is 9.19. The van der Waals surface area contributed by atoms with Crippen molar-refractivity contribution in [3.8, 4) is 5.75 Å². The van der Waals surface area contributed by atoms with Gasteiger partial charge >= 0.3 is 5.97 Å². The topological polar surface area (TPSA) is 49.4 Å². The second-order valence-electron chi connectivity index (χ2n) is 5.27. The van der Waals surface area contributed by atoms with Crippen molar-refractivity contribution in [2.45, 2.75) is 63.2 Å². The Morgan fingerprint density at radius 2 is 1.62 bits per heavy atom. The molecular weight excluding hydrogens is 284 g/mol. The fraction of sp³-hybridized carbons (Fsp3) is 0.588. The first-order valence-corrected chi connectivity index (χ1v) is 9.33. The molecule has 1 atom stereocenters. The number of carbonyl (C=O) groups is 1. The molecule has 0 radical (unpaired) electrons. The summed E-state index contributed by atoms with van der Waals surface area (Å²) in [5, 5.41) is 0. The molecule has 21 heavy (non-hydrogen) atoms. The molecule has 4 heteroatoms. The van der Waals surface area contributed by atoms with Crippen LogP contribution in [-0.2, 0) is 16.0 Å². The van der Waals surface area contributed by atoms with E-state index in [-0.39, 0.29) is 5.97 Å². The zero-order valence-corrected chi connectivity index (χ0v) is 13.9.